The van der Waals surface area contributed by atoms with Crippen LogP contribution < -0.4 is 5.32 Å². The average molecular weight is 378 g/mol. The normalized spacial score (nSPS) is 20.2. The van der Waals surface area contributed by atoms with Crippen molar-refractivity contribution in [3.8, 4) is 0 Å². The summed E-state index contributed by atoms with van der Waals surface area (Å²) >= 11 is 5.91. The number of halogens is 1. The van der Waals surface area contributed by atoms with E-state index in [0.717, 1.165) is 18.4 Å². The van der Waals surface area contributed by atoms with Crippen molar-refractivity contribution in [2.24, 2.45) is 0 Å². The summed E-state index contributed by atoms with van der Waals surface area (Å²) in [5.74, 6) is 0.277. The maximum absolute atomic E-state index is 12.5. The van der Waals surface area contributed by atoms with Crippen LogP contribution in [0.15, 0.2) is 24.3 Å². The molecule has 1 aromatic carbocycles. The Balaban J connectivity index is 1.46. The third-order valence-corrected chi connectivity index (χ3v) is 5.81. The molecule has 6 heteroatoms. The van der Waals surface area contributed by atoms with Gasteiger partial charge >= 0.3 is 6.03 Å². The molecule has 1 saturated carbocycles. The molecule has 0 radical (unpaired) electrons. The minimum atomic E-state index is -0.151. The number of nitrogens with one attached hydrogen (secondary N) is 1. The summed E-state index contributed by atoms with van der Waals surface area (Å²) in [4.78, 5) is 28.6. The lowest BCUT2D eigenvalue weighted by Crippen LogP contribution is -2.57. The number of amides is 3. The number of urea groups is 1. The summed E-state index contributed by atoms with van der Waals surface area (Å²) in [7, 11) is 0. The fourth-order valence-electron chi connectivity index (χ4n) is 3.90. The van der Waals surface area contributed by atoms with Crippen LogP contribution in [-0.4, -0.2) is 54.0 Å². The second-order valence-electron chi connectivity index (χ2n) is 7.44. The molecule has 5 nitrogen and oxygen atoms in total. The van der Waals surface area contributed by atoms with Crippen LogP contribution in [0, 0.1) is 0 Å². The summed E-state index contributed by atoms with van der Waals surface area (Å²) in [5.41, 5.74) is 1.13. The minimum Gasteiger partial charge on any atom is -0.337 e. The molecule has 0 spiro atoms. The summed E-state index contributed by atoms with van der Waals surface area (Å²) in [6.45, 7) is 4.07. The lowest BCUT2D eigenvalue weighted by molar-refractivity contribution is -0.138. The number of carbonyl (C=O) groups is 2. The van der Waals surface area contributed by atoms with Crippen molar-refractivity contribution < 1.29 is 9.59 Å². The van der Waals surface area contributed by atoms with Gasteiger partial charge < -0.3 is 15.1 Å². The van der Waals surface area contributed by atoms with Gasteiger partial charge in [0.2, 0.25) is 5.91 Å². The van der Waals surface area contributed by atoms with E-state index < -0.39 is 0 Å². The number of hydrogen-bond acceptors (Lipinski definition) is 2. The second-order valence-corrected chi connectivity index (χ2v) is 7.88. The highest BCUT2D eigenvalue weighted by Crippen LogP contribution is 2.24. The van der Waals surface area contributed by atoms with E-state index in [1.54, 1.807) is 4.90 Å². The number of nitrogens with zero attached hydrogens (tertiary/aromatic N) is 2. The molecule has 0 aromatic heterocycles. The smallest absolute Gasteiger partial charge is 0.317 e. The standard InChI is InChI=1S/C20H28ClN3O2/c1-15(16-7-9-17(21)10-8-16)13-22-20(26)23-11-12-24(19(25)14-23)18-5-3-2-4-6-18/h7-10,15,18H,2-6,11-14H2,1H3,(H,22,26)/t15-/m0/s1. The number of benzene rings is 1. The zero-order valence-corrected chi connectivity index (χ0v) is 16.2. The van der Waals surface area contributed by atoms with Gasteiger partial charge in [-0.2, -0.15) is 0 Å². The largest absolute Gasteiger partial charge is 0.337 e. The molecular weight excluding hydrogens is 350 g/mol. The van der Waals surface area contributed by atoms with Crippen LogP contribution in [-0.2, 0) is 4.79 Å². The highest BCUT2D eigenvalue weighted by molar-refractivity contribution is 6.30. The van der Waals surface area contributed by atoms with E-state index in [1.165, 1.54) is 19.3 Å². The third-order valence-electron chi connectivity index (χ3n) is 5.56. The van der Waals surface area contributed by atoms with Crippen molar-refractivity contribution >= 4 is 23.5 Å². The van der Waals surface area contributed by atoms with Gasteiger partial charge in [0.25, 0.3) is 0 Å². The predicted molar refractivity (Wildman–Crippen MR) is 103 cm³/mol. The van der Waals surface area contributed by atoms with E-state index in [4.69, 9.17) is 11.6 Å². The Bertz CT molecular complexity index is 628. The van der Waals surface area contributed by atoms with Crippen LogP contribution in [0.5, 0.6) is 0 Å². The quantitative estimate of drug-likeness (QED) is 0.871. The van der Waals surface area contributed by atoms with E-state index in [0.29, 0.717) is 30.7 Å². The summed E-state index contributed by atoms with van der Waals surface area (Å²) in [6, 6.07) is 7.90. The van der Waals surface area contributed by atoms with E-state index in [9.17, 15) is 9.59 Å². The number of piperazine rings is 1. The van der Waals surface area contributed by atoms with Crippen LogP contribution in [0.2, 0.25) is 5.02 Å². The fourth-order valence-corrected chi connectivity index (χ4v) is 4.03. The van der Waals surface area contributed by atoms with E-state index in [-0.39, 0.29) is 24.4 Å². The first-order valence-electron chi connectivity index (χ1n) is 9.62. The number of carbonyl (C=O) groups excluding carboxylic acids is 2. The molecule has 1 aliphatic carbocycles. The van der Waals surface area contributed by atoms with E-state index in [1.807, 2.05) is 29.2 Å². The monoisotopic (exact) mass is 377 g/mol. The molecule has 1 heterocycles. The highest BCUT2D eigenvalue weighted by Gasteiger charge is 2.32. The molecule has 0 bridgehead atoms. The summed E-state index contributed by atoms with van der Waals surface area (Å²) in [6.07, 6.45) is 5.91. The highest BCUT2D eigenvalue weighted by atomic mass is 35.5. The van der Waals surface area contributed by atoms with Crippen LogP contribution in [0.25, 0.3) is 0 Å². The van der Waals surface area contributed by atoms with Crippen molar-refractivity contribution in [1.29, 1.82) is 0 Å². The van der Waals surface area contributed by atoms with Gasteiger partial charge in [-0.1, -0.05) is 49.9 Å². The van der Waals surface area contributed by atoms with Crippen LogP contribution >= 0.6 is 11.6 Å². The first-order valence-corrected chi connectivity index (χ1v) is 10.00. The lowest BCUT2D eigenvalue weighted by atomic mass is 9.93. The predicted octanol–water partition coefficient (Wildman–Crippen LogP) is 3.63. The molecule has 3 amide bonds. The topological polar surface area (TPSA) is 52.7 Å². The lowest BCUT2D eigenvalue weighted by Gasteiger charge is -2.40. The van der Waals surface area contributed by atoms with Gasteiger partial charge in [0, 0.05) is 30.7 Å². The molecule has 142 valence electrons. The van der Waals surface area contributed by atoms with Gasteiger partial charge in [-0.15, -0.1) is 0 Å². The van der Waals surface area contributed by atoms with Gasteiger partial charge in [0.15, 0.2) is 0 Å². The minimum absolute atomic E-state index is 0.0871. The molecule has 26 heavy (non-hydrogen) atoms. The second kappa shape index (κ2) is 8.76. The zero-order chi connectivity index (χ0) is 18.5. The molecule has 1 saturated heterocycles. The Hall–Kier alpha value is -1.75. The zero-order valence-electron chi connectivity index (χ0n) is 15.4. The van der Waals surface area contributed by atoms with Gasteiger partial charge in [-0.3, -0.25) is 4.79 Å². The maximum Gasteiger partial charge on any atom is 0.317 e. The van der Waals surface area contributed by atoms with Gasteiger partial charge in [0.1, 0.15) is 6.54 Å². The molecular formula is C20H28ClN3O2. The first kappa shape index (κ1) is 19.0. The molecule has 1 atom stereocenters. The van der Waals surface area contributed by atoms with Crippen molar-refractivity contribution in [2.45, 2.75) is 51.0 Å². The Kier molecular flexibility index (Phi) is 6.41. The van der Waals surface area contributed by atoms with Crippen molar-refractivity contribution in [1.82, 2.24) is 15.1 Å². The van der Waals surface area contributed by atoms with Gasteiger partial charge in [0.05, 0.1) is 0 Å². The Morgan fingerprint density at radius 2 is 1.88 bits per heavy atom. The van der Waals surface area contributed by atoms with E-state index in [2.05, 4.69) is 12.2 Å². The maximum atomic E-state index is 12.5. The van der Waals surface area contributed by atoms with Crippen LogP contribution in [0.1, 0.15) is 50.5 Å². The summed E-state index contributed by atoms with van der Waals surface area (Å²) < 4.78 is 0. The number of hydrogen-bond donors (Lipinski definition) is 1. The molecule has 1 aromatic rings. The van der Waals surface area contributed by atoms with Gasteiger partial charge in [-0.25, -0.2) is 4.79 Å². The third kappa shape index (κ3) is 4.70. The van der Waals surface area contributed by atoms with E-state index >= 15 is 0 Å². The SMILES string of the molecule is C[C@@H](CNC(=O)N1CCN(C2CCCCC2)C(=O)C1)c1ccc(Cl)cc1. The van der Waals surface area contributed by atoms with Crippen molar-refractivity contribution in [3.63, 3.8) is 0 Å². The Morgan fingerprint density at radius 1 is 1.19 bits per heavy atom. The van der Waals surface area contributed by atoms with Gasteiger partial charge in [-0.05, 0) is 36.5 Å². The Morgan fingerprint density at radius 3 is 2.54 bits per heavy atom. The molecule has 2 aliphatic rings. The number of rotatable bonds is 4. The molecule has 0 unspecified atom stereocenters. The molecule has 1 aliphatic heterocycles. The fraction of sp³-hybridized carbons (Fsp3) is 0.600. The Labute approximate surface area is 160 Å². The molecule has 1 N–H and O–H groups in total. The summed E-state index contributed by atoms with van der Waals surface area (Å²) in [5, 5.41) is 3.67. The van der Waals surface area contributed by atoms with Crippen molar-refractivity contribution in [3.05, 3.63) is 34.9 Å². The van der Waals surface area contributed by atoms with Crippen LogP contribution in [0.3, 0.4) is 0 Å². The molecule has 3 rings (SSSR count). The van der Waals surface area contributed by atoms with Crippen LogP contribution in [0.4, 0.5) is 4.79 Å². The average Bonchev–Trinajstić information content (AvgIpc) is 2.67. The van der Waals surface area contributed by atoms with Crippen molar-refractivity contribution in [2.75, 3.05) is 26.2 Å². The first-order chi connectivity index (χ1) is 12.5. The molecule has 2 fully saturated rings.